The Hall–Kier alpha value is -2.60. The summed E-state index contributed by atoms with van der Waals surface area (Å²) in [6.45, 7) is 3.63. The third-order valence-electron chi connectivity index (χ3n) is 5.17. The number of hydrogen-bond acceptors (Lipinski definition) is 10. The fraction of sp³-hybridized carbons (Fsp3) is 0.438. The molecule has 1 aromatic rings. The number of cyclic esters (lactones) is 1. The van der Waals surface area contributed by atoms with Gasteiger partial charge in [0.25, 0.3) is 11.8 Å². The fourth-order valence-electron chi connectivity index (χ4n) is 3.48. The molecule has 2 atom stereocenters. The molecule has 0 unspecified atom stereocenters. The maximum Gasteiger partial charge on any atom is 0.355 e. The number of fused-ring (bicyclic) bond motifs is 2. The number of amides is 2. The number of nitrogen functional groups attached to an aromatic ring is 1. The molecular formula is C16H17N5O5S2. The van der Waals surface area contributed by atoms with Gasteiger partial charge >= 0.3 is 5.97 Å². The molecule has 2 amide bonds. The number of ether oxygens (including phenoxy) is 1. The van der Waals surface area contributed by atoms with E-state index < -0.39 is 28.2 Å². The van der Waals surface area contributed by atoms with Gasteiger partial charge in [-0.25, -0.2) is 9.78 Å². The molecule has 3 N–H and O–H groups in total. The first-order valence-electron chi connectivity index (χ1n) is 8.25. The number of nitrogens with one attached hydrogen (secondary N) is 1. The van der Waals surface area contributed by atoms with Crippen molar-refractivity contribution in [3.05, 3.63) is 22.3 Å². The van der Waals surface area contributed by atoms with Gasteiger partial charge in [-0.1, -0.05) is 5.16 Å². The van der Waals surface area contributed by atoms with E-state index in [0.29, 0.717) is 5.75 Å². The zero-order valence-electron chi connectivity index (χ0n) is 15.3. The summed E-state index contributed by atoms with van der Waals surface area (Å²) in [6.07, 6.45) is 0. The van der Waals surface area contributed by atoms with Gasteiger partial charge in [-0.15, -0.1) is 23.1 Å². The fourth-order valence-corrected chi connectivity index (χ4v) is 5.43. The van der Waals surface area contributed by atoms with E-state index in [2.05, 4.69) is 15.5 Å². The van der Waals surface area contributed by atoms with Crippen molar-refractivity contribution in [2.75, 3.05) is 25.2 Å². The first-order valence-corrected chi connectivity index (χ1v) is 10.1. The Labute approximate surface area is 168 Å². The van der Waals surface area contributed by atoms with Crippen LogP contribution in [0.2, 0.25) is 0 Å². The average molecular weight is 423 g/mol. The van der Waals surface area contributed by atoms with E-state index in [4.69, 9.17) is 15.3 Å². The Bertz CT molecular complexity index is 972. The highest BCUT2D eigenvalue weighted by Gasteiger charge is 2.71. The lowest BCUT2D eigenvalue weighted by Gasteiger charge is -2.62. The number of rotatable bonds is 4. The van der Waals surface area contributed by atoms with Crippen LogP contribution >= 0.6 is 23.1 Å². The molecule has 0 saturated carbocycles. The Kier molecular flexibility index (Phi) is 4.16. The molecule has 0 aliphatic carbocycles. The third-order valence-corrected chi connectivity index (χ3v) is 7.49. The van der Waals surface area contributed by atoms with E-state index in [-0.39, 0.29) is 28.8 Å². The number of carbonyl (C=O) groups excluding carboxylic acids is 3. The minimum Gasteiger partial charge on any atom is -0.456 e. The molecule has 3 aliphatic rings. The number of nitrogens with zero attached hydrogens (tertiary/aromatic N) is 3. The van der Waals surface area contributed by atoms with Crippen LogP contribution in [0.3, 0.4) is 0 Å². The smallest absolute Gasteiger partial charge is 0.355 e. The van der Waals surface area contributed by atoms with Gasteiger partial charge in [0.2, 0.25) is 0 Å². The van der Waals surface area contributed by atoms with E-state index in [1.165, 1.54) is 23.8 Å². The predicted molar refractivity (Wildman–Crippen MR) is 102 cm³/mol. The maximum atomic E-state index is 13.0. The van der Waals surface area contributed by atoms with Crippen molar-refractivity contribution in [3.63, 3.8) is 0 Å². The predicted octanol–water partition coefficient (Wildman–Crippen LogP) is 0.0668. The summed E-state index contributed by atoms with van der Waals surface area (Å²) in [7, 11) is 1.30. The van der Waals surface area contributed by atoms with Crippen molar-refractivity contribution in [1.29, 1.82) is 0 Å². The van der Waals surface area contributed by atoms with E-state index in [0.717, 1.165) is 16.9 Å². The van der Waals surface area contributed by atoms with Crippen LogP contribution in [0.4, 0.5) is 5.13 Å². The van der Waals surface area contributed by atoms with Crippen LogP contribution < -0.4 is 11.1 Å². The Morgan fingerprint density at radius 2 is 2.21 bits per heavy atom. The van der Waals surface area contributed by atoms with Crippen molar-refractivity contribution < 1.29 is 24.0 Å². The second-order valence-corrected chi connectivity index (χ2v) is 8.97. The summed E-state index contributed by atoms with van der Waals surface area (Å²) in [6, 6.07) is 0. The van der Waals surface area contributed by atoms with Crippen LogP contribution in [0.5, 0.6) is 0 Å². The van der Waals surface area contributed by atoms with Crippen molar-refractivity contribution in [2.45, 2.75) is 24.3 Å². The molecule has 1 saturated heterocycles. The summed E-state index contributed by atoms with van der Waals surface area (Å²) < 4.78 is 5.06. The van der Waals surface area contributed by atoms with Crippen molar-refractivity contribution in [3.8, 4) is 0 Å². The Morgan fingerprint density at radius 1 is 1.46 bits per heavy atom. The van der Waals surface area contributed by atoms with E-state index in [1.54, 1.807) is 12.3 Å². The molecule has 1 aromatic heterocycles. The van der Waals surface area contributed by atoms with Gasteiger partial charge in [0.05, 0.1) is 0 Å². The molecule has 10 nitrogen and oxygen atoms in total. The average Bonchev–Trinajstić information content (AvgIpc) is 3.24. The van der Waals surface area contributed by atoms with Gasteiger partial charge in [-0.3, -0.25) is 14.5 Å². The number of β-lactam (4-membered cyclic amide) rings is 1. The molecular weight excluding hydrogens is 406 g/mol. The van der Waals surface area contributed by atoms with E-state index in [1.807, 2.05) is 6.92 Å². The van der Waals surface area contributed by atoms with Gasteiger partial charge in [-0.2, -0.15) is 0 Å². The number of carbonyl (C=O) groups is 3. The van der Waals surface area contributed by atoms with E-state index in [9.17, 15) is 14.4 Å². The lowest BCUT2D eigenvalue weighted by Crippen LogP contribution is -2.84. The number of aromatic nitrogens is 1. The molecule has 12 heteroatoms. The summed E-state index contributed by atoms with van der Waals surface area (Å²) in [5, 5.41) is 8.35. The number of anilines is 1. The quantitative estimate of drug-likeness (QED) is 0.300. The molecule has 3 aliphatic heterocycles. The lowest BCUT2D eigenvalue weighted by atomic mass is 9.79. The summed E-state index contributed by atoms with van der Waals surface area (Å²) in [4.78, 5) is 47.4. The highest BCUT2D eigenvalue weighted by Crippen LogP contribution is 2.55. The normalized spacial score (nSPS) is 29.1. The van der Waals surface area contributed by atoms with Gasteiger partial charge in [-0.05, 0) is 13.8 Å². The first kappa shape index (κ1) is 18.7. The number of nitrogens with two attached hydrogens (primary N) is 1. The van der Waals surface area contributed by atoms with Crippen LogP contribution in [0.1, 0.15) is 19.5 Å². The number of oxime groups is 1. The summed E-state index contributed by atoms with van der Waals surface area (Å²) in [5.74, 6) is -0.994. The zero-order valence-corrected chi connectivity index (χ0v) is 16.9. The number of thioether (sulfide) groups is 1. The SMILES string of the molecule is CO/N=C(\C(=O)N[C@]1(C)C(=O)N2C3=C(COC3=O)CS[C@@]21C)c1csc(N)n1. The second kappa shape index (κ2) is 6.21. The van der Waals surface area contributed by atoms with Gasteiger partial charge in [0.1, 0.15) is 35.5 Å². The molecule has 4 heterocycles. The highest BCUT2D eigenvalue weighted by molar-refractivity contribution is 8.01. The number of esters is 1. The molecule has 0 bridgehead atoms. The highest BCUT2D eigenvalue weighted by atomic mass is 32.2. The van der Waals surface area contributed by atoms with Crippen LogP contribution in [-0.2, 0) is 24.0 Å². The van der Waals surface area contributed by atoms with Gasteiger partial charge in [0, 0.05) is 16.7 Å². The topological polar surface area (TPSA) is 136 Å². The largest absolute Gasteiger partial charge is 0.456 e. The lowest BCUT2D eigenvalue weighted by molar-refractivity contribution is -0.164. The summed E-state index contributed by atoms with van der Waals surface area (Å²) >= 11 is 2.62. The Morgan fingerprint density at radius 3 is 2.86 bits per heavy atom. The van der Waals surface area contributed by atoms with Crippen molar-refractivity contribution in [1.82, 2.24) is 15.2 Å². The minimum atomic E-state index is -1.26. The monoisotopic (exact) mass is 423 g/mol. The van der Waals surface area contributed by atoms with Crippen LogP contribution in [0.15, 0.2) is 21.8 Å². The molecule has 0 radical (unpaired) electrons. The molecule has 28 heavy (non-hydrogen) atoms. The molecule has 148 valence electrons. The molecule has 4 rings (SSSR count). The van der Waals surface area contributed by atoms with Gasteiger partial charge < -0.3 is 20.6 Å². The Balaban J connectivity index is 1.63. The van der Waals surface area contributed by atoms with E-state index >= 15 is 0 Å². The standard InChI is InChI=1S/C16H17N5O5S2/c1-15(19-11(22)9(20-25-3)8-6-27-14(17)18-8)13(24)21-10-7(4-26-12(10)23)5-28-16(15,21)2/h6H,4-5H2,1-3H3,(H2,17,18)(H,19,22)/b20-9-/t15-,16-/m1/s1. The number of thiazole rings is 1. The maximum absolute atomic E-state index is 13.0. The summed E-state index contributed by atoms with van der Waals surface area (Å²) in [5.41, 5.74) is 5.61. The molecule has 0 aromatic carbocycles. The van der Waals surface area contributed by atoms with Crippen LogP contribution in [0.25, 0.3) is 0 Å². The van der Waals surface area contributed by atoms with Crippen LogP contribution in [0, 0.1) is 0 Å². The van der Waals surface area contributed by atoms with Gasteiger partial charge in [0.15, 0.2) is 10.8 Å². The molecule has 0 spiro atoms. The third kappa shape index (κ3) is 2.37. The zero-order chi connectivity index (χ0) is 20.3. The van der Waals surface area contributed by atoms with Crippen LogP contribution in [-0.4, -0.2) is 63.3 Å². The minimum absolute atomic E-state index is 0.0903. The second-order valence-electron chi connectivity index (χ2n) is 6.71. The molecule has 1 fully saturated rings. The first-order chi connectivity index (χ1) is 13.2. The van der Waals surface area contributed by atoms with Crippen molar-refractivity contribution >= 4 is 51.7 Å². The van der Waals surface area contributed by atoms with Crippen molar-refractivity contribution in [2.24, 2.45) is 5.16 Å². The number of hydrogen-bond donors (Lipinski definition) is 2.